The van der Waals surface area contributed by atoms with Crippen LogP contribution in [0.15, 0.2) is 158 Å². The summed E-state index contributed by atoms with van der Waals surface area (Å²) in [7, 11) is 0. The van der Waals surface area contributed by atoms with Crippen molar-refractivity contribution in [3.05, 3.63) is 158 Å². The third kappa shape index (κ3) is 3.63. The maximum Gasteiger partial charge on any atom is 0.0724 e. The van der Waals surface area contributed by atoms with Crippen molar-refractivity contribution in [2.24, 2.45) is 0 Å². The molecular formula is C41H26N2. The Morgan fingerprint density at radius 3 is 1.51 bits per heavy atom. The normalized spacial score (nSPS) is 11.7. The van der Waals surface area contributed by atoms with Crippen LogP contribution < -0.4 is 0 Å². The molecule has 0 radical (unpaired) electrons. The van der Waals surface area contributed by atoms with Gasteiger partial charge in [0.15, 0.2) is 0 Å². The molecule has 2 aromatic heterocycles. The second-order valence-corrected chi connectivity index (χ2v) is 11.2. The van der Waals surface area contributed by atoms with Gasteiger partial charge in [-0.15, -0.1) is 0 Å². The summed E-state index contributed by atoms with van der Waals surface area (Å²) in [5.74, 6) is 0. The number of fused-ring (bicyclic) bond motifs is 11. The number of benzene rings is 6. The monoisotopic (exact) mass is 546 g/mol. The largest absolute Gasteiger partial charge is 0.308 e. The third-order valence-electron chi connectivity index (χ3n) is 8.88. The molecule has 0 aliphatic heterocycles. The zero-order valence-corrected chi connectivity index (χ0v) is 23.4. The van der Waals surface area contributed by atoms with Gasteiger partial charge < -0.3 is 4.57 Å². The van der Waals surface area contributed by atoms with Crippen LogP contribution in [0.25, 0.3) is 83.1 Å². The third-order valence-corrected chi connectivity index (χ3v) is 8.88. The Labute approximate surface area is 250 Å². The molecule has 0 spiro atoms. The van der Waals surface area contributed by atoms with Crippen LogP contribution >= 0.6 is 0 Å². The van der Waals surface area contributed by atoms with Gasteiger partial charge in [0.25, 0.3) is 0 Å². The van der Waals surface area contributed by atoms with Crippen LogP contribution in [0.2, 0.25) is 0 Å². The summed E-state index contributed by atoms with van der Waals surface area (Å²) in [4.78, 5) is 4.47. The van der Waals surface area contributed by atoms with Gasteiger partial charge in [-0.2, -0.15) is 0 Å². The average molecular weight is 547 g/mol. The minimum absolute atomic E-state index is 1.11. The fourth-order valence-corrected chi connectivity index (χ4v) is 6.94. The molecule has 2 heterocycles. The van der Waals surface area contributed by atoms with Crippen molar-refractivity contribution in [3.8, 4) is 61.3 Å². The lowest BCUT2D eigenvalue weighted by Gasteiger charge is -2.23. The highest BCUT2D eigenvalue weighted by Crippen LogP contribution is 2.48. The van der Waals surface area contributed by atoms with Crippen LogP contribution in [0.5, 0.6) is 0 Å². The lowest BCUT2D eigenvalue weighted by atomic mass is 9.80. The fraction of sp³-hybridized carbons (Fsp3) is 0. The summed E-state index contributed by atoms with van der Waals surface area (Å²) in [5, 5.41) is 2.43. The number of rotatable bonds is 2. The maximum absolute atomic E-state index is 4.47. The van der Waals surface area contributed by atoms with E-state index in [1.54, 1.807) is 0 Å². The lowest BCUT2D eigenvalue weighted by molar-refractivity contribution is 1.17. The van der Waals surface area contributed by atoms with Crippen molar-refractivity contribution in [1.29, 1.82) is 0 Å². The van der Waals surface area contributed by atoms with Gasteiger partial charge in [0.1, 0.15) is 0 Å². The van der Waals surface area contributed by atoms with E-state index in [1.807, 2.05) is 12.4 Å². The quantitative estimate of drug-likeness (QED) is 0.211. The molecule has 0 amide bonds. The van der Waals surface area contributed by atoms with Gasteiger partial charge in [0, 0.05) is 22.7 Å². The van der Waals surface area contributed by atoms with E-state index in [2.05, 4.69) is 155 Å². The molecule has 0 N–H and O–H groups in total. The van der Waals surface area contributed by atoms with Gasteiger partial charge in [-0.3, -0.25) is 4.98 Å². The zero-order chi connectivity index (χ0) is 28.3. The van der Waals surface area contributed by atoms with Gasteiger partial charge >= 0.3 is 0 Å². The van der Waals surface area contributed by atoms with Gasteiger partial charge in [-0.05, 0) is 92.0 Å². The smallest absolute Gasteiger partial charge is 0.0724 e. The summed E-state index contributed by atoms with van der Waals surface area (Å²) in [6, 6.07) is 53.0. The molecule has 0 fully saturated rings. The molecule has 0 saturated heterocycles. The standard InChI is InChI=1S/C41H26N2/c1-2-10-29(11-3-1)43-40-21-19-28(25-39(40)37-22-23-42-26-41(37)43)27-18-20-36-34-16-7-6-14-32(34)30-12-4-5-13-31(30)33-15-8-9-17-35(33)38(36)24-27/h1-26H. The first kappa shape index (κ1) is 23.9. The molecule has 1 aliphatic rings. The topological polar surface area (TPSA) is 17.8 Å². The summed E-state index contributed by atoms with van der Waals surface area (Å²) in [6.45, 7) is 0. The van der Waals surface area contributed by atoms with Gasteiger partial charge in [0.05, 0.1) is 17.2 Å². The van der Waals surface area contributed by atoms with Crippen molar-refractivity contribution in [1.82, 2.24) is 9.55 Å². The highest BCUT2D eigenvalue weighted by molar-refractivity contribution is 6.10. The zero-order valence-electron chi connectivity index (χ0n) is 23.4. The average Bonchev–Trinajstić information content (AvgIpc) is 3.41. The first-order valence-electron chi connectivity index (χ1n) is 14.7. The predicted octanol–water partition coefficient (Wildman–Crippen LogP) is 10.8. The number of hydrogen-bond donors (Lipinski definition) is 0. The molecule has 8 aromatic rings. The van der Waals surface area contributed by atoms with E-state index in [9.17, 15) is 0 Å². The number of para-hydroxylation sites is 1. The minimum atomic E-state index is 1.11. The summed E-state index contributed by atoms with van der Waals surface area (Å²) >= 11 is 0. The molecule has 6 aromatic carbocycles. The summed E-state index contributed by atoms with van der Waals surface area (Å²) < 4.78 is 2.31. The number of pyridine rings is 1. The molecule has 0 bridgehead atoms. The molecular weight excluding hydrogens is 520 g/mol. The molecule has 2 nitrogen and oxygen atoms in total. The van der Waals surface area contributed by atoms with Gasteiger partial charge in [-0.25, -0.2) is 0 Å². The molecule has 9 rings (SSSR count). The Morgan fingerprint density at radius 1 is 0.372 bits per heavy atom. The van der Waals surface area contributed by atoms with Crippen molar-refractivity contribution in [2.75, 3.05) is 0 Å². The minimum Gasteiger partial charge on any atom is -0.308 e. The van der Waals surface area contributed by atoms with E-state index in [1.165, 1.54) is 71.9 Å². The number of nitrogens with zero attached hydrogens (tertiary/aromatic N) is 2. The van der Waals surface area contributed by atoms with E-state index in [0.717, 1.165) is 11.2 Å². The molecule has 43 heavy (non-hydrogen) atoms. The van der Waals surface area contributed by atoms with Crippen LogP contribution in [-0.4, -0.2) is 9.55 Å². The van der Waals surface area contributed by atoms with E-state index < -0.39 is 0 Å². The van der Waals surface area contributed by atoms with E-state index >= 15 is 0 Å². The molecule has 0 unspecified atom stereocenters. The molecule has 0 saturated carbocycles. The number of aromatic nitrogens is 2. The molecule has 2 heteroatoms. The van der Waals surface area contributed by atoms with E-state index in [4.69, 9.17) is 0 Å². The highest BCUT2D eigenvalue weighted by Gasteiger charge is 2.22. The molecule has 1 aliphatic carbocycles. The summed E-state index contributed by atoms with van der Waals surface area (Å²) in [5.41, 5.74) is 16.0. The Hall–Kier alpha value is -5.73. The van der Waals surface area contributed by atoms with Gasteiger partial charge in [0.2, 0.25) is 0 Å². The van der Waals surface area contributed by atoms with Crippen molar-refractivity contribution < 1.29 is 0 Å². The lowest BCUT2D eigenvalue weighted by Crippen LogP contribution is -1.97. The van der Waals surface area contributed by atoms with Crippen molar-refractivity contribution >= 4 is 21.8 Å². The highest BCUT2D eigenvalue weighted by atomic mass is 15.0. The van der Waals surface area contributed by atoms with Crippen LogP contribution in [0.4, 0.5) is 0 Å². The summed E-state index contributed by atoms with van der Waals surface area (Å²) in [6.07, 6.45) is 3.86. The second-order valence-electron chi connectivity index (χ2n) is 11.2. The Morgan fingerprint density at radius 2 is 0.884 bits per heavy atom. The molecule has 0 atom stereocenters. The Balaban J connectivity index is 1.29. The molecule has 200 valence electrons. The van der Waals surface area contributed by atoms with Crippen LogP contribution in [0, 0.1) is 0 Å². The second kappa shape index (κ2) is 9.40. The first-order valence-corrected chi connectivity index (χ1v) is 14.7. The SMILES string of the molecule is c1ccc(-n2c3ccc(-c4ccc5c(c4)-c4ccccc4-c4ccccc4-c4ccccc4-5)cc3c3ccncc32)cc1. The maximum atomic E-state index is 4.47. The van der Waals surface area contributed by atoms with Crippen molar-refractivity contribution in [2.45, 2.75) is 0 Å². The first-order chi connectivity index (χ1) is 21.3. The van der Waals surface area contributed by atoms with E-state index in [0.29, 0.717) is 0 Å². The Bertz CT molecular complexity index is 2340. The van der Waals surface area contributed by atoms with Gasteiger partial charge in [-0.1, -0.05) is 109 Å². The van der Waals surface area contributed by atoms with Crippen LogP contribution in [-0.2, 0) is 0 Å². The van der Waals surface area contributed by atoms with E-state index in [-0.39, 0.29) is 0 Å². The van der Waals surface area contributed by atoms with Crippen molar-refractivity contribution in [3.63, 3.8) is 0 Å². The van der Waals surface area contributed by atoms with Crippen LogP contribution in [0.1, 0.15) is 0 Å². The Kier molecular flexibility index (Phi) is 5.23. The predicted molar refractivity (Wildman–Crippen MR) is 179 cm³/mol. The number of hydrogen-bond acceptors (Lipinski definition) is 1. The fourth-order valence-electron chi connectivity index (χ4n) is 6.94. The van der Waals surface area contributed by atoms with Crippen LogP contribution in [0.3, 0.4) is 0 Å².